The summed E-state index contributed by atoms with van der Waals surface area (Å²) in [5, 5.41) is 2.29. The molecule has 146 valence electrons. The molecule has 1 amide bonds. The smallest absolute Gasteiger partial charge is 0.279 e. The molecule has 3 atom stereocenters. The predicted molar refractivity (Wildman–Crippen MR) is 91.7 cm³/mol. The quantitative estimate of drug-likeness (QED) is 0.563. The summed E-state index contributed by atoms with van der Waals surface area (Å²) in [7, 11) is 1.85. The summed E-state index contributed by atoms with van der Waals surface area (Å²) in [6.45, 7) is 8.79. The van der Waals surface area contributed by atoms with Gasteiger partial charge in [0.1, 0.15) is 19.6 Å². The predicted octanol–water partition coefficient (Wildman–Crippen LogP) is -0.503. The van der Waals surface area contributed by atoms with Gasteiger partial charge in [0.05, 0.1) is 25.9 Å². The molecule has 0 spiro atoms. The number of rotatable bonds is 7. The summed E-state index contributed by atoms with van der Waals surface area (Å²) in [5.41, 5.74) is -0.358. The van der Waals surface area contributed by atoms with Gasteiger partial charge in [0.2, 0.25) is 0 Å². The van der Waals surface area contributed by atoms with Gasteiger partial charge in [0, 0.05) is 5.92 Å². The normalized spacial score (nSPS) is 21.7. The number of hydrogen-bond donors (Lipinski definition) is 3. The largest absolute Gasteiger partial charge is 0.361 e. The number of morpholine rings is 1. The molecule has 1 aromatic rings. The van der Waals surface area contributed by atoms with Gasteiger partial charge < -0.3 is 19.9 Å². The van der Waals surface area contributed by atoms with Crippen molar-refractivity contribution in [3.8, 4) is 0 Å². The molecule has 0 radical (unpaired) electrons. The molecule has 2 rings (SSSR count). The summed E-state index contributed by atoms with van der Waals surface area (Å²) in [4.78, 5) is 14.5. The average Bonchev–Trinajstić information content (AvgIpc) is 2.55. The zero-order valence-electron chi connectivity index (χ0n) is 15.5. The van der Waals surface area contributed by atoms with Crippen molar-refractivity contribution < 1.29 is 32.5 Å². The van der Waals surface area contributed by atoms with Crippen LogP contribution in [0.15, 0.2) is 12.1 Å². The molecule has 1 heterocycles. The number of quaternary nitrogens is 2. The maximum atomic E-state index is 13.6. The van der Waals surface area contributed by atoms with Crippen molar-refractivity contribution in [2.24, 2.45) is 5.92 Å². The first kappa shape index (κ1) is 20.7. The molecule has 1 aliphatic heterocycles. The van der Waals surface area contributed by atoms with E-state index in [1.165, 1.54) is 4.90 Å². The second kappa shape index (κ2) is 9.34. The van der Waals surface area contributed by atoms with E-state index in [9.17, 15) is 18.0 Å². The molecule has 3 N–H and O–H groups in total. The van der Waals surface area contributed by atoms with Gasteiger partial charge in [0.15, 0.2) is 30.1 Å². The SMILES string of the molecule is CC(C)C[NH+]1CCO[C@H](C[NH+](C)CC(=O)Nc2ccc(F)c(F)c2F)C1. The van der Waals surface area contributed by atoms with Crippen LogP contribution < -0.4 is 15.1 Å². The summed E-state index contributed by atoms with van der Waals surface area (Å²) >= 11 is 0. The highest BCUT2D eigenvalue weighted by Gasteiger charge is 2.27. The molecule has 8 heteroatoms. The van der Waals surface area contributed by atoms with Crippen LogP contribution in [0.2, 0.25) is 0 Å². The minimum Gasteiger partial charge on any atom is -0.361 e. The Kier molecular flexibility index (Phi) is 7.43. The van der Waals surface area contributed by atoms with Crippen molar-refractivity contribution in [1.82, 2.24) is 0 Å². The number of likely N-dealkylation sites (N-methyl/N-ethyl adjacent to an activating group) is 1. The van der Waals surface area contributed by atoms with E-state index in [1.54, 1.807) is 0 Å². The fourth-order valence-corrected chi connectivity index (χ4v) is 3.30. The van der Waals surface area contributed by atoms with E-state index in [1.807, 2.05) is 7.05 Å². The van der Waals surface area contributed by atoms with Gasteiger partial charge in [0.25, 0.3) is 5.91 Å². The number of carbonyl (C=O) groups excluding carboxylic acids is 1. The molecule has 1 saturated heterocycles. The molecule has 0 bridgehead atoms. The first-order valence-corrected chi connectivity index (χ1v) is 8.96. The molecule has 1 aliphatic rings. The number of nitrogens with one attached hydrogen (secondary N) is 3. The lowest BCUT2D eigenvalue weighted by Crippen LogP contribution is -3.18. The fraction of sp³-hybridized carbons (Fsp3) is 0.611. The van der Waals surface area contributed by atoms with Gasteiger partial charge in [-0.05, 0) is 12.1 Å². The Labute approximate surface area is 152 Å². The highest BCUT2D eigenvalue weighted by atomic mass is 19.2. The summed E-state index contributed by atoms with van der Waals surface area (Å²) in [6.07, 6.45) is 0.0605. The van der Waals surface area contributed by atoms with E-state index in [2.05, 4.69) is 19.2 Å². The maximum absolute atomic E-state index is 13.6. The molecule has 1 fully saturated rings. The van der Waals surface area contributed by atoms with E-state index in [0.29, 0.717) is 19.1 Å². The number of benzene rings is 1. The maximum Gasteiger partial charge on any atom is 0.279 e. The van der Waals surface area contributed by atoms with Gasteiger partial charge in [-0.15, -0.1) is 0 Å². The van der Waals surface area contributed by atoms with Gasteiger partial charge in [-0.1, -0.05) is 13.8 Å². The lowest BCUT2D eigenvalue weighted by Gasteiger charge is -2.31. The molecule has 0 aromatic heterocycles. The van der Waals surface area contributed by atoms with Gasteiger partial charge in [-0.2, -0.15) is 0 Å². The number of hydrogen-bond acceptors (Lipinski definition) is 2. The Morgan fingerprint density at radius 1 is 1.35 bits per heavy atom. The molecule has 26 heavy (non-hydrogen) atoms. The standard InChI is InChI=1S/C18H26F3N3O2/c1-12(2)8-24-6-7-26-13(10-24)9-23(3)11-16(25)22-15-5-4-14(19)17(20)18(15)21/h4-5,12-13H,6-11H2,1-3H3,(H,22,25)/p+2/t13-/m1/s1. The van der Waals surface area contributed by atoms with Crippen LogP contribution in [-0.2, 0) is 9.53 Å². The van der Waals surface area contributed by atoms with Crippen LogP contribution in [0.4, 0.5) is 18.9 Å². The monoisotopic (exact) mass is 375 g/mol. The third kappa shape index (κ3) is 5.96. The van der Waals surface area contributed by atoms with Crippen molar-refractivity contribution in [2.75, 3.05) is 51.7 Å². The van der Waals surface area contributed by atoms with Crippen LogP contribution in [-0.4, -0.2) is 58.4 Å². The van der Waals surface area contributed by atoms with E-state index < -0.39 is 23.4 Å². The van der Waals surface area contributed by atoms with E-state index >= 15 is 0 Å². The Morgan fingerprint density at radius 2 is 2.08 bits per heavy atom. The van der Waals surface area contributed by atoms with E-state index in [4.69, 9.17) is 4.74 Å². The third-order valence-corrected chi connectivity index (χ3v) is 4.37. The minimum atomic E-state index is -1.59. The van der Waals surface area contributed by atoms with E-state index in [-0.39, 0.29) is 18.3 Å². The second-order valence-corrected chi connectivity index (χ2v) is 7.40. The highest BCUT2D eigenvalue weighted by molar-refractivity contribution is 5.91. The van der Waals surface area contributed by atoms with Crippen molar-refractivity contribution in [1.29, 1.82) is 0 Å². The molecule has 2 unspecified atom stereocenters. The van der Waals surface area contributed by atoms with Crippen LogP contribution >= 0.6 is 0 Å². The van der Waals surface area contributed by atoms with Crippen LogP contribution in [0, 0.1) is 23.4 Å². The first-order chi connectivity index (χ1) is 12.3. The van der Waals surface area contributed by atoms with Crippen LogP contribution in [0.1, 0.15) is 13.8 Å². The molecule has 1 aromatic carbocycles. The third-order valence-electron chi connectivity index (χ3n) is 4.37. The van der Waals surface area contributed by atoms with Crippen molar-refractivity contribution >= 4 is 11.6 Å². The summed E-state index contributed by atoms with van der Waals surface area (Å²) in [5.74, 6) is -4.11. The fourth-order valence-electron chi connectivity index (χ4n) is 3.30. The van der Waals surface area contributed by atoms with Crippen LogP contribution in [0.5, 0.6) is 0 Å². The van der Waals surface area contributed by atoms with Crippen molar-refractivity contribution in [3.63, 3.8) is 0 Å². The highest BCUT2D eigenvalue weighted by Crippen LogP contribution is 2.19. The number of carbonyl (C=O) groups is 1. The minimum absolute atomic E-state index is 0.0605. The van der Waals surface area contributed by atoms with E-state index in [0.717, 1.165) is 36.7 Å². The Bertz CT molecular complexity index is 628. The summed E-state index contributed by atoms with van der Waals surface area (Å²) in [6, 6.07) is 1.80. The van der Waals surface area contributed by atoms with Crippen LogP contribution in [0.25, 0.3) is 0 Å². The number of ether oxygens (including phenoxy) is 1. The zero-order valence-corrected chi connectivity index (χ0v) is 15.5. The molecule has 0 aliphatic carbocycles. The number of amides is 1. The zero-order chi connectivity index (χ0) is 19.3. The van der Waals surface area contributed by atoms with Gasteiger partial charge >= 0.3 is 0 Å². The Morgan fingerprint density at radius 3 is 2.77 bits per heavy atom. The van der Waals surface area contributed by atoms with Gasteiger partial charge in [-0.25, -0.2) is 13.2 Å². The lowest BCUT2D eigenvalue weighted by molar-refractivity contribution is -0.926. The van der Waals surface area contributed by atoms with Gasteiger partial charge in [-0.3, -0.25) is 4.79 Å². The first-order valence-electron chi connectivity index (χ1n) is 8.96. The molecule has 5 nitrogen and oxygen atoms in total. The Hall–Kier alpha value is -1.64. The second-order valence-electron chi connectivity index (χ2n) is 7.40. The van der Waals surface area contributed by atoms with Crippen molar-refractivity contribution in [3.05, 3.63) is 29.6 Å². The van der Waals surface area contributed by atoms with Crippen molar-refractivity contribution in [2.45, 2.75) is 20.0 Å². The molecule has 0 saturated carbocycles. The Balaban J connectivity index is 1.83. The average molecular weight is 375 g/mol. The molecular formula is C18H28F3N3O2+2. The topological polar surface area (TPSA) is 47.2 Å². The lowest BCUT2D eigenvalue weighted by atomic mass is 10.1. The van der Waals surface area contributed by atoms with Crippen LogP contribution in [0.3, 0.4) is 0 Å². The summed E-state index contributed by atoms with van der Waals surface area (Å²) < 4.78 is 45.5. The number of anilines is 1. The molecular weight excluding hydrogens is 347 g/mol. The number of halogens is 3.